The predicted molar refractivity (Wildman–Crippen MR) is 119 cm³/mol. The van der Waals surface area contributed by atoms with Crippen molar-refractivity contribution in [2.75, 3.05) is 18.1 Å². The van der Waals surface area contributed by atoms with Gasteiger partial charge in [0, 0.05) is 46.6 Å². The highest BCUT2D eigenvalue weighted by molar-refractivity contribution is 7.85. The number of nitrogens with zero attached hydrogens (tertiary/aromatic N) is 3. The van der Waals surface area contributed by atoms with Crippen LogP contribution in [0.15, 0.2) is 59.5 Å². The number of hydrogen-bond acceptors (Lipinski definition) is 4. The van der Waals surface area contributed by atoms with Crippen molar-refractivity contribution in [1.29, 1.82) is 0 Å². The van der Waals surface area contributed by atoms with Gasteiger partial charge in [-0.25, -0.2) is 4.98 Å². The summed E-state index contributed by atoms with van der Waals surface area (Å²) in [6, 6.07) is 14.0. The van der Waals surface area contributed by atoms with E-state index >= 15 is 0 Å². The molecular weight excluding hydrogens is 412 g/mol. The van der Waals surface area contributed by atoms with E-state index in [4.69, 9.17) is 4.98 Å². The molecule has 1 saturated heterocycles. The minimum atomic E-state index is -1.04. The monoisotopic (exact) mass is 432 g/mol. The van der Waals surface area contributed by atoms with E-state index in [0.717, 1.165) is 16.5 Å². The van der Waals surface area contributed by atoms with Crippen molar-refractivity contribution in [2.45, 2.75) is 18.5 Å². The highest BCUT2D eigenvalue weighted by Crippen LogP contribution is 2.35. The summed E-state index contributed by atoms with van der Waals surface area (Å²) in [5.74, 6) is 1.22. The summed E-state index contributed by atoms with van der Waals surface area (Å²) in [5, 5.41) is 1.54. The van der Waals surface area contributed by atoms with Gasteiger partial charge in [0.05, 0.1) is 16.7 Å². The maximum absolute atomic E-state index is 13.6. The number of aromatic amines is 1. The number of amides is 1. The summed E-state index contributed by atoms with van der Waals surface area (Å²) in [6.07, 6.45) is 2.30. The van der Waals surface area contributed by atoms with Gasteiger partial charge in [-0.3, -0.25) is 18.4 Å². The topological polar surface area (TPSA) is 88.1 Å². The summed E-state index contributed by atoms with van der Waals surface area (Å²) >= 11 is 0. The number of carbonyl (C=O) groups is 1. The van der Waals surface area contributed by atoms with E-state index in [1.54, 1.807) is 21.6 Å². The molecule has 1 fully saturated rings. The number of carbonyl (C=O) groups excluding carboxylic acids is 1. The Hall–Kier alpha value is -3.26. The number of fused-ring (bicyclic) bond motifs is 5. The fourth-order valence-corrected chi connectivity index (χ4v) is 6.12. The number of benzene rings is 2. The van der Waals surface area contributed by atoms with Crippen LogP contribution in [-0.4, -0.2) is 47.6 Å². The fraction of sp³-hybridized carbons (Fsp3) is 0.261. The number of aromatic nitrogens is 3. The Morgan fingerprint density at radius 2 is 1.84 bits per heavy atom. The Bertz CT molecular complexity index is 1440. The fourth-order valence-electron chi connectivity index (χ4n) is 4.87. The minimum Gasteiger partial charge on any atom is -0.361 e. The quantitative estimate of drug-likeness (QED) is 0.527. The lowest BCUT2D eigenvalue weighted by molar-refractivity contribution is -0.139. The number of nitrogens with one attached hydrogen (secondary N) is 1. The number of hydrogen-bond donors (Lipinski definition) is 1. The number of rotatable bonds is 2. The maximum Gasteiger partial charge on any atom is 0.262 e. The van der Waals surface area contributed by atoms with Crippen LogP contribution in [0.3, 0.4) is 0 Å². The SMILES string of the molecule is O=C1[C@@H](Cc2c[nH]c3ccccc23)n2c(nc3ccccc3c2=O)[C@H]2CS(=O)CCN12. The Balaban J connectivity index is 1.57. The van der Waals surface area contributed by atoms with Crippen LogP contribution in [-0.2, 0) is 22.0 Å². The summed E-state index contributed by atoms with van der Waals surface area (Å²) in [7, 11) is -1.04. The first kappa shape index (κ1) is 18.5. The molecule has 1 unspecified atom stereocenters. The van der Waals surface area contributed by atoms with Gasteiger partial charge in [-0.05, 0) is 23.8 Å². The molecule has 31 heavy (non-hydrogen) atoms. The molecule has 2 aromatic carbocycles. The van der Waals surface area contributed by atoms with Gasteiger partial charge >= 0.3 is 0 Å². The van der Waals surface area contributed by atoms with Crippen LogP contribution in [0.5, 0.6) is 0 Å². The average molecular weight is 433 g/mol. The Labute approximate surface area is 180 Å². The molecule has 2 aliphatic rings. The maximum atomic E-state index is 13.6. The standard InChI is InChI=1S/C23H20N4O3S/c28-22-16-6-2-4-8-18(16)25-21-20-13-31(30)10-9-26(20)23(29)19(27(21)22)11-14-12-24-17-7-3-1-5-15(14)17/h1-8,12,19-20,24H,9-11,13H2/t19-,20-,31?/m1/s1. The molecule has 0 aliphatic carbocycles. The van der Waals surface area contributed by atoms with Crippen LogP contribution >= 0.6 is 0 Å². The highest BCUT2D eigenvalue weighted by Gasteiger charge is 2.44. The molecule has 7 nitrogen and oxygen atoms in total. The zero-order valence-electron chi connectivity index (χ0n) is 16.7. The van der Waals surface area contributed by atoms with Gasteiger partial charge in [-0.1, -0.05) is 30.3 Å². The van der Waals surface area contributed by atoms with Gasteiger partial charge in [0.15, 0.2) is 0 Å². The average Bonchev–Trinajstić information content (AvgIpc) is 3.20. The normalized spacial score (nSPS) is 23.2. The molecule has 1 N–H and O–H groups in total. The third-order valence-electron chi connectivity index (χ3n) is 6.38. The third kappa shape index (κ3) is 2.78. The second-order valence-electron chi connectivity index (χ2n) is 8.10. The smallest absolute Gasteiger partial charge is 0.262 e. The second-order valence-corrected chi connectivity index (χ2v) is 9.72. The van der Waals surface area contributed by atoms with Crippen molar-refractivity contribution in [3.05, 3.63) is 76.5 Å². The third-order valence-corrected chi connectivity index (χ3v) is 7.71. The van der Waals surface area contributed by atoms with E-state index in [-0.39, 0.29) is 11.5 Å². The first-order valence-electron chi connectivity index (χ1n) is 10.3. The molecule has 6 rings (SSSR count). The second kappa shape index (κ2) is 6.88. The zero-order valence-corrected chi connectivity index (χ0v) is 17.5. The summed E-state index contributed by atoms with van der Waals surface area (Å²) in [5.41, 5.74) is 2.38. The highest BCUT2D eigenvalue weighted by atomic mass is 32.2. The van der Waals surface area contributed by atoms with Crippen molar-refractivity contribution >= 4 is 38.5 Å². The van der Waals surface area contributed by atoms with Gasteiger partial charge in [0.25, 0.3) is 5.56 Å². The summed E-state index contributed by atoms with van der Waals surface area (Å²) in [6.45, 7) is 0.420. The van der Waals surface area contributed by atoms with Gasteiger partial charge in [-0.2, -0.15) is 0 Å². The number of para-hydroxylation sites is 2. The van der Waals surface area contributed by atoms with E-state index in [2.05, 4.69) is 4.98 Å². The zero-order chi connectivity index (χ0) is 21.1. The first-order chi connectivity index (χ1) is 15.1. The van der Waals surface area contributed by atoms with Crippen molar-refractivity contribution < 1.29 is 9.00 Å². The lowest BCUT2D eigenvalue weighted by Gasteiger charge is -2.43. The van der Waals surface area contributed by atoms with Crippen LogP contribution in [0.4, 0.5) is 0 Å². The molecule has 0 spiro atoms. The summed E-state index contributed by atoms with van der Waals surface area (Å²) < 4.78 is 13.9. The van der Waals surface area contributed by atoms with E-state index in [0.29, 0.717) is 41.2 Å². The van der Waals surface area contributed by atoms with Crippen molar-refractivity contribution in [2.24, 2.45) is 0 Å². The van der Waals surface area contributed by atoms with E-state index in [9.17, 15) is 13.8 Å². The minimum absolute atomic E-state index is 0.0985. The van der Waals surface area contributed by atoms with Crippen LogP contribution in [0.25, 0.3) is 21.8 Å². The van der Waals surface area contributed by atoms with Crippen LogP contribution in [0.1, 0.15) is 23.5 Å². The molecule has 4 aromatic rings. The molecule has 2 aliphatic heterocycles. The molecular formula is C23H20N4O3S. The lowest BCUT2D eigenvalue weighted by Crippen LogP contribution is -2.55. The molecule has 0 bridgehead atoms. The molecule has 0 saturated carbocycles. The Morgan fingerprint density at radius 3 is 2.71 bits per heavy atom. The Morgan fingerprint density at radius 1 is 1.06 bits per heavy atom. The number of H-pyrrole nitrogens is 1. The van der Waals surface area contributed by atoms with Gasteiger partial charge < -0.3 is 9.88 Å². The molecule has 0 radical (unpaired) electrons. The predicted octanol–water partition coefficient (Wildman–Crippen LogP) is 2.31. The van der Waals surface area contributed by atoms with Crippen LogP contribution in [0.2, 0.25) is 0 Å². The van der Waals surface area contributed by atoms with Crippen LogP contribution < -0.4 is 5.56 Å². The van der Waals surface area contributed by atoms with Crippen molar-refractivity contribution in [1.82, 2.24) is 19.4 Å². The van der Waals surface area contributed by atoms with Gasteiger partial charge in [-0.15, -0.1) is 0 Å². The molecule has 156 valence electrons. The molecule has 1 amide bonds. The first-order valence-corrected chi connectivity index (χ1v) is 11.8. The van der Waals surface area contributed by atoms with E-state index < -0.39 is 22.9 Å². The van der Waals surface area contributed by atoms with Crippen molar-refractivity contribution in [3.63, 3.8) is 0 Å². The molecule has 2 aromatic heterocycles. The molecule has 3 atom stereocenters. The van der Waals surface area contributed by atoms with Crippen LogP contribution in [0, 0.1) is 0 Å². The summed E-state index contributed by atoms with van der Waals surface area (Å²) in [4.78, 5) is 37.0. The molecule has 4 heterocycles. The largest absolute Gasteiger partial charge is 0.361 e. The van der Waals surface area contributed by atoms with Gasteiger partial charge in [0.2, 0.25) is 5.91 Å². The van der Waals surface area contributed by atoms with Gasteiger partial charge in [0.1, 0.15) is 17.9 Å². The molecule has 8 heteroatoms. The Kier molecular flexibility index (Phi) is 4.11. The van der Waals surface area contributed by atoms with E-state index in [1.165, 1.54) is 0 Å². The van der Waals surface area contributed by atoms with Crippen molar-refractivity contribution in [3.8, 4) is 0 Å². The van der Waals surface area contributed by atoms with E-state index in [1.807, 2.05) is 42.6 Å². The lowest BCUT2D eigenvalue weighted by atomic mass is 9.99.